The molecule has 91 heavy (non-hydrogen) atoms. The second-order valence-electron chi connectivity index (χ2n) is 26.1. The van der Waals surface area contributed by atoms with Gasteiger partial charge in [0, 0.05) is 41.5 Å². The summed E-state index contributed by atoms with van der Waals surface area (Å²) in [6.07, 6.45) is 12.1. The van der Waals surface area contributed by atoms with E-state index in [9.17, 15) is 26.3 Å². The Bertz CT molecular complexity index is 4150. The monoisotopic (exact) mass is 1280 g/mol. The van der Waals surface area contributed by atoms with Gasteiger partial charge >= 0.3 is 12.4 Å². The second-order valence-corrected chi connectivity index (χ2v) is 28.8. The number of aromatic nitrogens is 2. The van der Waals surface area contributed by atoms with Crippen LogP contribution in [0.1, 0.15) is 201 Å². The van der Waals surface area contributed by atoms with Crippen LogP contribution >= 0.6 is 34.4 Å². The van der Waals surface area contributed by atoms with E-state index in [0.29, 0.717) is 5.56 Å². The van der Waals surface area contributed by atoms with Gasteiger partial charge in [0.25, 0.3) is 0 Å². The van der Waals surface area contributed by atoms with Crippen LogP contribution < -0.4 is 0 Å². The molecule has 0 amide bonds. The maximum Gasteiger partial charge on any atom is 0.416 e. The molecule has 0 saturated heterocycles. The van der Waals surface area contributed by atoms with E-state index in [-0.39, 0.29) is 17.0 Å². The first-order chi connectivity index (χ1) is 44.0. The second kappa shape index (κ2) is 27.1. The lowest BCUT2D eigenvalue weighted by Crippen LogP contribution is -2.25. The summed E-state index contributed by atoms with van der Waals surface area (Å²) < 4.78 is 95.5. The van der Waals surface area contributed by atoms with Crippen LogP contribution in [-0.4, -0.2) is 8.75 Å². The molecule has 2 aliphatic rings. The van der Waals surface area contributed by atoms with Crippen LogP contribution in [0.2, 0.25) is 0 Å². The minimum atomic E-state index is -4.95. The zero-order chi connectivity index (χ0) is 63.7. The molecular formula is C80H82F6N2S3. The van der Waals surface area contributed by atoms with Crippen LogP contribution in [0.15, 0.2) is 146 Å². The molecule has 10 aromatic rings. The lowest BCUT2D eigenvalue weighted by atomic mass is 9.70. The minimum Gasteiger partial charge on any atom is -0.172 e. The maximum atomic E-state index is 14.3. The highest BCUT2D eigenvalue weighted by Crippen LogP contribution is 2.59. The Morgan fingerprint density at radius 2 is 0.637 bits per heavy atom. The molecule has 3 heterocycles. The van der Waals surface area contributed by atoms with Crippen molar-refractivity contribution in [2.45, 2.75) is 193 Å². The molecule has 472 valence electrons. The van der Waals surface area contributed by atoms with Gasteiger partial charge in [-0.3, -0.25) is 0 Å². The third-order valence-corrected chi connectivity index (χ3v) is 22.6. The Hall–Kier alpha value is -6.66. The van der Waals surface area contributed by atoms with Gasteiger partial charge in [-0.25, -0.2) is 0 Å². The van der Waals surface area contributed by atoms with Crippen LogP contribution in [0, 0.1) is 13.8 Å². The normalized spacial score (nSPS) is 13.9. The summed E-state index contributed by atoms with van der Waals surface area (Å²) in [4.78, 5) is 4.56. The highest BCUT2D eigenvalue weighted by atomic mass is 32.1. The van der Waals surface area contributed by atoms with E-state index in [4.69, 9.17) is 8.75 Å². The summed E-state index contributed by atoms with van der Waals surface area (Å²) in [6, 6.07) is 49.1. The van der Waals surface area contributed by atoms with Crippen molar-refractivity contribution in [3.63, 3.8) is 0 Å². The number of fused-ring (bicyclic) bond motifs is 7. The highest BCUT2D eigenvalue weighted by Gasteiger charge is 2.45. The van der Waals surface area contributed by atoms with Crippen LogP contribution in [0.4, 0.5) is 26.3 Å². The summed E-state index contributed by atoms with van der Waals surface area (Å²) >= 11 is 4.78. The molecule has 0 spiro atoms. The van der Waals surface area contributed by atoms with Crippen molar-refractivity contribution in [2.75, 3.05) is 0 Å². The van der Waals surface area contributed by atoms with Gasteiger partial charge in [0.1, 0.15) is 11.0 Å². The minimum absolute atomic E-state index is 0.0736. The third kappa shape index (κ3) is 13.0. The Morgan fingerprint density at radius 3 is 0.989 bits per heavy atom. The summed E-state index contributed by atoms with van der Waals surface area (Å²) in [7, 11) is 0. The van der Waals surface area contributed by atoms with Gasteiger partial charge < -0.3 is 0 Å². The predicted octanol–water partition coefficient (Wildman–Crippen LogP) is 26.9. The Labute approximate surface area is 546 Å². The number of rotatable bonds is 26. The first-order valence-corrected chi connectivity index (χ1v) is 35.8. The Kier molecular flexibility index (Phi) is 19.2. The summed E-state index contributed by atoms with van der Waals surface area (Å²) in [5, 5.41) is 0. The molecule has 12 rings (SSSR count). The molecule has 0 atom stereocenters. The highest BCUT2D eigenvalue weighted by molar-refractivity contribution is 7.19. The number of halogens is 6. The molecule has 2 nitrogen and oxygen atoms in total. The average molecular weight is 1280 g/mol. The van der Waals surface area contributed by atoms with E-state index in [0.717, 1.165) is 148 Å². The van der Waals surface area contributed by atoms with Gasteiger partial charge in [0.2, 0.25) is 0 Å². The lowest BCUT2D eigenvalue weighted by molar-refractivity contribution is -0.143. The molecule has 0 N–H and O–H groups in total. The first kappa shape index (κ1) is 64.4. The van der Waals surface area contributed by atoms with E-state index in [1.807, 2.05) is 23.5 Å². The number of aryl methyl sites for hydroxylation is 2. The fraction of sp³-hybridized carbons (Fsp3) is 0.375. The van der Waals surface area contributed by atoms with E-state index in [1.165, 1.54) is 124 Å². The maximum absolute atomic E-state index is 14.3. The lowest BCUT2D eigenvalue weighted by Gasteiger charge is -2.33. The average Bonchev–Trinajstić information content (AvgIpc) is 1.60. The fourth-order valence-electron chi connectivity index (χ4n) is 15.2. The molecule has 0 aliphatic heterocycles. The van der Waals surface area contributed by atoms with Crippen molar-refractivity contribution in [1.29, 1.82) is 0 Å². The van der Waals surface area contributed by atoms with Crippen LogP contribution in [-0.2, 0) is 23.2 Å². The number of hydrogen-bond donors (Lipinski definition) is 0. The molecule has 11 heteroatoms. The smallest absolute Gasteiger partial charge is 0.172 e. The molecular weight excluding hydrogens is 1200 g/mol. The molecule has 2 aliphatic carbocycles. The van der Waals surface area contributed by atoms with Gasteiger partial charge in [-0.2, -0.15) is 35.1 Å². The number of unbranched alkanes of at least 4 members (excludes halogenated alkanes) is 12. The largest absolute Gasteiger partial charge is 0.416 e. The molecule has 0 unspecified atom stereocenters. The summed E-state index contributed by atoms with van der Waals surface area (Å²) in [6.45, 7) is 13.4. The number of alkyl halides is 6. The summed E-state index contributed by atoms with van der Waals surface area (Å²) in [5.41, 5.74) is 18.4. The Balaban J connectivity index is 0.872. The third-order valence-electron chi connectivity index (χ3n) is 19.8. The van der Waals surface area contributed by atoms with E-state index < -0.39 is 28.9 Å². The van der Waals surface area contributed by atoms with Crippen molar-refractivity contribution in [3.8, 4) is 86.3 Å². The molecule has 0 fully saturated rings. The van der Waals surface area contributed by atoms with Crippen LogP contribution in [0.25, 0.3) is 97.3 Å². The number of thiophene rings is 2. The van der Waals surface area contributed by atoms with Crippen molar-refractivity contribution >= 4 is 45.4 Å². The first-order valence-electron chi connectivity index (χ1n) is 33.4. The topological polar surface area (TPSA) is 25.8 Å². The van der Waals surface area contributed by atoms with E-state index in [2.05, 4.69) is 151 Å². The molecule has 0 radical (unpaired) electrons. The predicted molar refractivity (Wildman–Crippen MR) is 373 cm³/mol. The fourth-order valence-corrected chi connectivity index (χ4v) is 17.8. The number of nitrogens with zero attached hydrogens (tertiary/aromatic N) is 2. The van der Waals surface area contributed by atoms with Crippen LogP contribution in [0.3, 0.4) is 0 Å². The van der Waals surface area contributed by atoms with E-state index in [1.54, 1.807) is 17.4 Å². The zero-order valence-corrected chi connectivity index (χ0v) is 55.8. The van der Waals surface area contributed by atoms with Gasteiger partial charge in [-0.1, -0.05) is 220 Å². The summed E-state index contributed by atoms with van der Waals surface area (Å²) in [5.74, 6) is 0. The van der Waals surface area contributed by atoms with Gasteiger partial charge in [-0.05, 0) is 184 Å². The van der Waals surface area contributed by atoms with Gasteiger partial charge in [-0.15, -0.1) is 22.7 Å². The number of hydrogen-bond acceptors (Lipinski definition) is 5. The van der Waals surface area contributed by atoms with Gasteiger partial charge in [0.15, 0.2) is 0 Å². The molecule has 0 saturated carbocycles. The number of benzene rings is 7. The standard InChI is InChI=1S/C80H82F6N2S3/c1-7-11-15-19-37-77(38-20-16-12-8-2)67-46-53(57-42-51(5)41-52(6)43-57)23-27-61(67)63-29-25-55(48-69(63)77)71-33-35-73(89-71)65-31-32-66(76-75(65)87-91-88-76)74-36-34-72(90-74)56-26-30-64-62-28-24-54(58-44-59(79(81,82)83)50-60(45-58)80(84,85)86)47-68(62)78(70(64)49-56,39-21-17-13-9-3)40-22-18-14-10-4/h23-36,41-50H,7-22,37-40H2,1-6H3. The SMILES string of the molecule is CCCCCCC1(CCCCCC)c2cc(-c3cc(C)cc(C)c3)ccc2-c2ccc(-c3ccc(-c4ccc(-c5ccc(-c6ccc7c(c6)C(CCCCCC)(CCCCCC)c6cc(-c8cc(C(F)(F)F)cc(C(F)(F)F)c8)ccc6-7)s5)c5nsnc45)s3)cc21. The quantitative estimate of drug-likeness (QED) is 0.0399. The van der Waals surface area contributed by atoms with Crippen molar-refractivity contribution in [3.05, 3.63) is 190 Å². The van der Waals surface area contributed by atoms with Gasteiger partial charge in [0.05, 0.1) is 22.9 Å². The van der Waals surface area contributed by atoms with Crippen molar-refractivity contribution in [1.82, 2.24) is 8.75 Å². The molecule has 3 aromatic heterocycles. The zero-order valence-electron chi connectivity index (χ0n) is 53.4. The Morgan fingerprint density at radius 1 is 0.319 bits per heavy atom. The van der Waals surface area contributed by atoms with Crippen molar-refractivity contribution in [2.24, 2.45) is 0 Å². The molecule has 7 aromatic carbocycles. The van der Waals surface area contributed by atoms with Crippen molar-refractivity contribution < 1.29 is 26.3 Å². The van der Waals surface area contributed by atoms with E-state index >= 15 is 0 Å². The molecule has 0 bridgehead atoms. The van der Waals surface area contributed by atoms with Crippen LogP contribution in [0.5, 0.6) is 0 Å².